The second-order valence-corrected chi connectivity index (χ2v) is 5.66. The predicted octanol–water partition coefficient (Wildman–Crippen LogP) is 3.18. The predicted molar refractivity (Wildman–Crippen MR) is 68.8 cm³/mol. The number of hydrogen-bond acceptors (Lipinski definition) is 2. The van der Waals surface area contributed by atoms with E-state index in [-0.39, 0.29) is 12.0 Å². The second-order valence-electron chi connectivity index (χ2n) is 5.66. The van der Waals surface area contributed by atoms with Crippen molar-refractivity contribution >= 4 is 11.7 Å². The highest BCUT2D eigenvalue weighted by molar-refractivity contribution is 5.77. The van der Waals surface area contributed by atoms with Gasteiger partial charge in [-0.25, -0.2) is 0 Å². The fraction of sp³-hybridized carbons (Fsp3) is 0.500. The summed E-state index contributed by atoms with van der Waals surface area (Å²) in [5, 5.41) is 9.28. The monoisotopic (exact) mass is 287 g/mol. The maximum atomic E-state index is 13.0. The first-order valence-corrected chi connectivity index (χ1v) is 6.22. The molecule has 6 heteroatoms. The number of hydrogen-bond donors (Lipinski definition) is 1. The van der Waals surface area contributed by atoms with Crippen molar-refractivity contribution in [1.82, 2.24) is 0 Å². The molecule has 0 radical (unpaired) electrons. The van der Waals surface area contributed by atoms with Gasteiger partial charge in [0.25, 0.3) is 0 Å². The van der Waals surface area contributed by atoms with Crippen LogP contribution in [0.3, 0.4) is 0 Å². The van der Waals surface area contributed by atoms with Crippen molar-refractivity contribution < 1.29 is 23.1 Å². The van der Waals surface area contributed by atoms with Crippen LogP contribution in [0.15, 0.2) is 18.2 Å². The SMILES string of the molecule is CN1c2cccc(C(F)(F)F)c2CC1C(C)(C)C(=O)O. The standard InChI is InChI=1S/C14H16F3NO2/c1-13(2,12(19)20)11-7-8-9(14(15,16)17)5-4-6-10(8)18(11)3/h4-6,11H,7H2,1-3H3,(H,19,20). The molecule has 0 amide bonds. The van der Waals surface area contributed by atoms with E-state index in [9.17, 15) is 23.1 Å². The molecule has 1 aromatic rings. The number of fused-ring (bicyclic) bond motifs is 1. The Hall–Kier alpha value is -1.72. The molecule has 1 atom stereocenters. The Kier molecular flexibility index (Phi) is 3.23. The maximum Gasteiger partial charge on any atom is 0.416 e. The highest BCUT2D eigenvalue weighted by Gasteiger charge is 2.46. The van der Waals surface area contributed by atoms with Crippen LogP contribution >= 0.6 is 0 Å². The van der Waals surface area contributed by atoms with Gasteiger partial charge in [-0.1, -0.05) is 6.07 Å². The Morgan fingerprint density at radius 3 is 2.45 bits per heavy atom. The first-order valence-electron chi connectivity index (χ1n) is 6.22. The minimum absolute atomic E-state index is 0.0841. The third-order valence-corrected chi connectivity index (χ3v) is 4.09. The van der Waals surface area contributed by atoms with Crippen LogP contribution in [0, 0.1) is 5.41 Å². The molecular formula is C14H16F3NO2. The molecule has 0 saturated carbocycles. The minimum atomic E-state index is -4.42. The summed E-state index contributed by atoms with van der Waals surface area (Å²) in [6.07, 6.45) is -4.34. The van der Waals surface area contributed by atoms with Crippen molar-refractivity contribution in [1.29, 1.82) is 0 Å². The zero-order chi connectivity index (χ0) is 15.3. The molecule has 0 bridgehead atoms. The third kappa shape index (κ3) is 2.13. The van der Waals surface area contributed by atoms with Crippen LogP contribution in [0.4, 0.5) is 18.9 Å². The number of anilines is 1. The van der Waals surface area contributed by atoms with E-state index in [2.05, 4.69) is 0 Å². The fourth-order valence-corrected chi connectivity index (χ4v) is 2.77. The van der Waals surface area contributed by atoms with E-state index in [1.54, 1.807) is 18.0 Å². The van der Waals surface area contributed by atoms with Crippen molar-refractivity contribution in [3.8, 4) is 0 Å². The average Bonchev–Trinajstić information content (AvgIpc) is 2.66. The van der Waals surface area contributed by atoms with E-state index in [4.69, 9.17) is 0 Å². The molecule has 0 fully saturated rings. The van der Waals surface area contributed by atoms with Gasteiger partial charge in [0.1, 0.15) is 0 Å². The van der Waals surface area contributed by atoms with Gasteiger partial charge in [0.2, 0.25) is 0 Å². The highest BCUT2D eigenvalue weighted by atomic mass is 19.4. The highest BCUT2D eigenvalue weighted by Crippen LogP contribution is 2.44. The van der Waals surface area contributed by atoms with E-state index in [0.717, 1.165) is 6.07 Å². The van der Waals surface area contributed by atoms with Crippen LogP contribution in [0.2, 0.25) is 0 Å². The number of aliphatic carboxylic acids is 1. The van der Waals surface area contributed by atoms with Crippen molar-refractivity contribution in [2.75, 3.05) is 11.9 Å². The van der Waals surface area contributed by atoms with Gasteiger partial charge in [-0.3, -0.25) is 4.79 Å². The molecular weight excluding hydrogens is 271 g/mol. The summed E-state index contributed by atoms with van der Waals surface area (Å²) >= 11 is 0. The summed E-state index contributed by atoms with van der Waals surface area (Å²) in [4.78, 5) is 13.0. The first kappa shape index (κ1) is 14.7. The zero-order valence-corrected chi connectivity index (χ0v) is 11.5. The van der Waals surface area contributed by atoms with Crippen molar-refractivity contribution in [2.45, 2.75) is 32.5 Å². The molecule has 1 aliphatic heterocycles. The van der Waals surface area contributed by atoms with E-state index < -0.39 is 29.2 Å². The molecule has 2 rings (SSSR count). The Morgan fingerprint density at radius 2 is 1.95 bits per heavy atom. The molecule has 0 saturated heterocycles. The molecule has 0 aromatic heterocycles. The summed E-state index contributed by atoms with van der Waals surface area (Å²) in [5.74, 6) is -1.02. The topological polar surface area (TPSA) is 40.5 Å². The van der Waals surface area contributed by atoms with Crippen LogP contribution in [-0.2, 0) is 17.4 Å². The first-order chi connectivity index (χ1) is 9.06. The largest absolute Gasteiger partial charge is 0.481 e. The summed E-state index contributed by atoms with van der Waals surface area (Å²) in [5.41, 5.74) is -1.16. The van der Waals surface area contributed by atoms with Gasteiger partial charge in [-0.2, -0.15) is 13.2 Å². The molecule has 20 heavy (non-hydrogen) atoms. The van der Waals surface area contributed by atoms with Crippen LogP contribution < -0.4 is 4.90 Å². The van der Waals surface area contributed by atoms with Crippen LogP contribution in [0.1, 0.15) is 25.0 Å². The summed E-state index contributed by atoms with van der Waals surface area (Å²) in [7, 11) is 1.64. The zero-order valence-electron chi connectivity index (χ0n) is 11.5. The van der Waals surface area contributed by atoms with Gasteiger partial charge in [0.15, 0.2) is 0 Å². The number of alkyl halides is 3. The Balaban J connectivity index is 2.49. The number of nitrogens with zero attached hydrogens (tertiary/aromatic N) is 1. The van der Waals surface area contributed by atoms with E-state index in [0.29, 0.717) is 5.69 Å². The molecule has 1 N–H and O–H groups in total. The molecule has 110 valence electrons. The number of carboxylic acid groups (broad SMARTS) is 1. The van der Waals surface area contributed by atoms with Crippen LogP contribution in [0.5, 0.6) is 0 Å². The van der Waals surface area contributed by atoms with E-state index in [1.807, 2.05) is 0 Å². The Labute approximate surface area is 115 Å². The lowest BCUT2D eigenvalue weighted by molar-refractivity contribution is -0.148. The van der Waals surface area contributed by atoms with Gasteiger partial charge in [-0.05, 0) is 38.0 Å². The second kappa shape index (κ2) is 4.40. The molecule has 1 aromatic carbocycles. The number of likely N-dealkylation sites (N-methyl/N-ethyl adjacent to an activating group) is 1. The summed E-state index contributed by atoms with van der Waals surface area (Å²) in [6, 6.07) is 3.50. The van der Waals surface area contributed by atoms with E-state index in [1.165, 1.54) is 19.9 Å². The molecule has 3 nitrogen and oxygen atoms in total. The normalized spacial score (nSPS) is 19.1. The molecule has 1 aliphatic rings. The van der Waals surface area contributed by atoms with Crippen molar-refractivity contribution in [2.24, 2.45) is 5.41 Å². The number of carboxylic acids is 1. The Bertz CT molecular complexity index is 552. The van der Waals surface area contributed by atoms with Gasteiger partial charge >= 0.3 is 12.1 Å². The molecule has 0 spiro atoms. The van der Waals surface area contributed by atoms with Gasteiger partial charge in [0, 0.05) is 18.8 Å². The van der Waals surface area contributed by atoms with Crippen molar-refractivity contribution in [3.63, 3.8) is 0 Å². The quantitative estimate of drug-likeness (QED) is 0.908. The number of rotatable bonds is 2. The average molecular weight is 287 g/mol. The third-order valence-electron chi connectivity index (χ3n) is 4.09. The summed E-state index contributed by atoms with van der Waals surface area (Å²) < 4.78 is 39.1. The van der Waals surface area contributed by atoms with Gasteiger partial charge < -0.3 is 10.0 Å². The number of carbonyl (C=O) groups is 1. The number of halogens is 3. The fourth-order valence-electron chi connectivity index (χ4n) is 2.77. The number of benzene rings is 1. The van der Waals surface area contributed by atoms with Crippen LogP contribution in [-0.4, -0.2) is 24.2 Å². The lowest BCUT2D eigenvalue weighted by atomic mass is 9.82. The smallest absolute Gasteiger partial charge is 0.416 e. The lowest BCUT2D eigenvalue weighted by Crippen LogP contribution is -2.46. The van der Waals surface area contributed by atoms with E-state index >= 15 is 0 Å². The lowest BCUT2D eigenvalue weighted by Gasteiger charge is -2.33. The molecule has 0 aliphatic carbocycles. The maximum absolute atomic E-state index is 13.0. The van der Waals surface area contributed by atoms with Gasteiger partial charge in [-0.15, -0.1) is 0 Å². The molecule has 1 unspecified atom stereocenters. The van der Waals surface area contributed by atoms with Crippen molar-refractivity contribution in [3.05, 3.63) is 29.3 Å². The molecule has 1 heterocycles. The van der Waals surface area contributed by atoms with Gasteiger partial charge in [0.05, 0.1) is 11.0 Å². The Morgan fingerprint density at radius 1 is 1.35 bits per heavy atom. The minimum Gasteiger partial charge on any atom is -0.481 e. The van der Waals surface area contributed by atoms with Crippen LogP contribution in [0.25, 0.3) is 0 Å². The summed E-state index contributed by atoms with van der Waals surface area (Å²) in [6.45, 7) is 3.07.